The molecule has 0 spiro atoms. The zero-order valence-electron chi connectivity index (χ0n) is 9.64. The van der Waals surface area contributed by atoms with E-state index in [0.717, 1.165) is 19.3 Å². The first-order chi connectivity index (χ1) is 7.62. The minimum Gasteiger partial charge on any atom is -0.195 e. The SMILES string of the molecule is C=CCN(CC=C)S(=O)(=O)N1CCCCC1. The maximum absolute atomic E-state index is 12.2. The third-order valence-electron chi connectivity index (χ3n) is 2.63. The second-order valence-corrected chi connectivity index (χ2v) is 5.79. The molecule has 0 aromatic carbocycles. The summed E-state index contributed by atoms with van der Waals surface area (Å²) in [5.41, 5.74) is 0. The fourth-order valence-corrected chi connectivity index (χ4v) is 3.44. The lowest BCUT2D eigenvalue weighted by atomic mass is 10.2. The quantitative estimate of drug-likeness (QED) is 0.663. The van der Waals surface area contributed by atoms with Crippen molar-refractivity contribution in [1.29, 1.82) is 0 Å². The van der Waals surface area contributed by atoms with Crippen LogP contribution in [-0.4, -0.2) is 43.2 Å². The first-order valence-electron chi connectivity index (χ1n) is 5.60. The third-order valence-corrected chi connectivity index (χ3v) is 4.60. The van der Waals surface area contributed by atoms with Crippen molar-refractivity contribution in [3.8, 4) is 0 Å². The zero-order valence-corrected chi connectivity index (χ0v) is 10.5. The summed E-state index contributed by atoms with van der Waals surface area (Å²) >= 11 is 0. The molecule has 0 bridgehead atoms. The molecule has 0 N–H and O–H groups in total. The molecule has 0 aromatic heterocycles. The molecule has 0 aliphatic carbocycles. The van der Waals surface area contributed by atoms with Crippen LogP contribution in [0.5, 0.6) is 0 Å². The van der Waals surface area contributed by atoms with Crippen molar-refractivity contribution < 1.29 is 8.42 Å². The van der Waals surface area contributed by atoms with E-state index in [1.165, 1.54) is 4.31 Å². The Morgan fingerprint density at radius 3 is 2.00 bits per heavy atom. The van der Waals surface area contributed by atoms with Crippen LogP contribution in [0.1, 0.15) is 19.3 Å². The number of rotatable bonds is 6. The summed E-state index contributed by atoms with van der Waals surface area (Å²) in [6, 6.07) is 0. The highest BCUT2D eigenvalue weighted by atomic mass is 32.2. The van der Waals surface area contributed by atoms with E-state index < -0.39 is 10.2 Å². The van der Waals surface area contributed by atoms with Crippen LogP contribution in [-0.2, 0) is 10.2 Å². The minimum atomic E-state index is -3.32. The Bertz CT molecular complexity index is 322. The van der Waals surface area contributed by atoms with Gasteiger partial charge in [0.25, 0.3) is 10.2 Å². The van der Waals surface area contributed by atoms with E-state index in [9.17, 15) is 8.42 Å². The monoisotopic (exact) mass is 244 g/mol. The van der Waals surface area contributed by atoms with E-state index in [0.29, 0.717) is 26.2 Å². The predicted molar refractivity (Wildman–Crippen MR) is 66.3 cm³/mol. The highest BCUT2D eigenvalue weighted by molar-refractivity contribution is 7.86. The molecule has 4 nitrogen and oxygen atoms in total. The van der Waals surface area contributed by atoms with Gasteiger partial charge in [0, 0.05) is 26.2 Å². The lowest BCUT2D eigenvalue weighted by molar-refractivity contribution is 0.315. The van der Waals surface area contributed by atoms with E-state index in [1.54, 1.807) is 16.5 Å². The minimum absolute atomic E-state index is 0.338. The Balaban J connectivity index is 2.78. The van der Waals surface area contributed by atoms with Gasteiger partial charge in [-0.15, -0.1) is 13.2 Å². The van der Waals surface area contributed by atoms with Crippen molar-refractivity contribution in [3.63, 3.8) is 0 Å². The van der Waals surface area contributed by atoms with E-state index in [4.69, 9.17) is 0 Å². The van der Waals surface area contributed by atoms with E-state index in [1.807, 2.05) is 0 Å². The smallest absolute Gasteiger partial charge is 0.195 e. The normalized spacial score (nSPS) is 18.6. The van der Waals surface area contributed by atoms with Crippen LogP contribution in [0.3, 0.4) is 0 Å². The Kier molecular flexibility index (Phi) is 5.18. The van der Waals surface area contributed by atoms with Crippen LogP contribution in [0.2, 0.25) is 0 Å². The largest absolute Gasteiger partial charge is 0.282 e. The lowest BCUT2D eigenvalue weighted by Gasteiger charge is -2.31. The van der Waals surface area contributed by atoms with Gasteiger partial charge in [0.1, 0.15) is 0 Å². The Morgan fingerprint density at radius 2 is 1.56 bits per heavy atom. The molecule has 0 unspecified atom stereocenters. The van der Waals surface area contributed by atoms with E-state index in [-0.39, 0.29) is 0 Å². The summed E-state index contributed by atoms with van der Waals surface area (Å²) in [7, 11) is -3.32. The zero-order chi connectivity index (χ0) is 12.0. The lowest BCUT2D eigenvalue weighted by Crippen LogP contribution is -2.46. The molecule has 5 heteroatoms. The molecule has 1 fully saturated rings. The molecule has 0 radical (unpaired) electrons. The van der Waals surface area contributed by atoms with Crippen LogP contribution in [0, 0.1) is 0 Å². The second kappa shape index (κ2) is 6.18. The number of piperidine rings is 1. The first kappa shape index (κ1) is 13.4. The highest BCUT2D eigenvalue weighted by Gasteiger charge is 2.28. The van der Waals surface area contributed by atoms with Crippen molar-refractivity contribution in [1.82, 2.24) is 8.61 Å². The van der Waals surface area contributed by atoms with Crippen LogP contribution in [0.25, 0.3) is 0 Å². The molecule has 0 saturated carbocycles. The molecule has 1 aliphatic heterocycles. The topological polar surface area (TPSA) is 40.6 Å². The Hall–Kier alpha value is -0.650. The van der Waals surface area contributed by atoms with Crippen molar-refractivity contribution in [2.75, 3.05) is 26.2 Å². The fourth-order valence-electron chi connectivity index (χ4n) is 1.81. The van der Waals surface area contributed by atoms with Crippen molar-refractivity contribution in [2.24, 2.45) is 0 Å². The van der Waals surface area contributed by atoms with Crippen LogP contribution in [0.15, 0.2) is 25.3 Å². The maximum atomic E-state index is 12.2. The molecule has 1 aliphatic rings. The van der Waals surface area contributed by atoms with Gasteiger partial charge in [-0.3, -0.25) is 0 Å². The molecule has 0 amide bonds. The first-order valence-corrected chi connectivity index (χ1v) is 6.99. The van der Waals surface area contributed by atoms with Crippen molar-refractivity contribution >= 4 is 10.2 Å². The molecular formula is C11H20N2O2S. The Labute approximate surface area is 98.4 Å². The summed E-state index contributed by atoms with van der Waals surface area (Å²) in [5, 5.41) is 0. The molecule has 0 aromatic rings. The van der Waals surface area contributed by atoms with Crippen LogP contribution in [0.4, 0.5) is 0 Å². The molecule has 92 valence electrons. The maximum Gasteiger partial charge on any atom is 0.282 e. The number of nitrogens with zero attached hydrogens (tertiary/aromatic N) is 2. The van der Waals surface area contributed by atoms with Gasteiger partial charge >= 0.3 is 0 Å². The third kappa shape index (κ3) is 3.17. The fraction of sp³-hybridized carbons (Fsp3) is 0.636. The van der Waals surface area contributed by atoms with E-state index in [2.05, 4.69) is 13.2 Å². The Morgan fingerprint density at radius 1 is 1.06 bits per heavy atom. The summed E-state index contributed by atoms with van der Waals surface area (Å²) in [5.74, 6) is 0. The average Bonchev–Trinajstić information content (AvgIpc) is 2.30. The van der Waals surface area contributed by atoms with Crippen LogP contribution >= 0.6 is 0 Å². The highest BCUT2D eigenvalue weighted by Crippen LogP contribution is 2.16. The van der Waals surface area contributed by atoms with Crippen molar-refractivity contribution in [2.45, 2.75) is 19.3 Å². The predicted octanol–water partition coefficient (Wildman–Crippen LogP) is 1.39. The molecule has 1 saturated heterocycles. The summed E-state index contributed by atoms with van der Waals surface area (Å²) in [6.45, 7) is 9.11. The van der Waals surface area contributed by atoms with E-state index >= 15 is 0 Å². The van der Waals surface area contributed by atoms with Gasteiger partial charge in [0.2, 0.25) is 0 Å². The molecule has 16 heavy (non-hydrogen) atoms. The van der Waals surface area contributed by atoms with Crippen LogP contribution < -0.4 is 0 Å². The van der Waals surface area contributed by atoms with Gasteiger partial charge in [-0.1, -0.05) is 18.6 Å². The van der Waals surface area contributed by atoms with Gasteiger partial charge in [0.05, 0.1) is 0 Å². The molecule has 1 rings (SSSR count). The van der Waals surface area contributed by atoms with Gasteiger partial charge in [0.15, 0.2) is 0 Å². The number of hydrogen-bond donors (Lipinski definition) is 0. The second-order valence-electron chi connectivity index (χ2n) is 3.86. The average molecular weight is 244 g/mol. The standard InChI is InChI=1S/C11H20N2O2S/c1-3-8-12(9-4-2)16(14,15)13-10-6-5-7-11-13/h3-4H,1-2,5-11H2. The molecular weight excluding hydrogens is 224 g/mol. The van der Waals surface area contributed by atoms with Crippen molar-refractivity contribution in [3.05, 3.63) is 25.3 Å². The summed E-state index contributed by atoms with van der Waals surface area (Å²) in [6.07, 6.45) is 6.23. The molecule has 1 heterocycles. The van der Waals surface area contributed by atoms with Gasteiger partial charge in [-0.25, -0.2) is 0 Å². The summed E-state index contributed by atoms with van der Waals surface area (Å²) in [4.78, 5) is 0. The van der Waals surface area contributed by atoms with Gasteiger partial charge in [-0.05, 0) is 12.8 Å². The number of hydrogen-bond acceptors (Lipinski definition) is 2. The molecule has 0 atom stereocenters. The summed E-state index contributed by atoms with van der Waals surface area (Å²) < 4.78 is 27.4. The van der Waals surface area contributed by atoms with Gasteiger partial charge < -0.3 is 0 Å². The van der Waals surface area contributed by atoms with Gasteiger partial charge in [-0.2, -0.15) is 17.0 Å².